The fourth-order valence-corrected chi connectivity index (χ4v) is 11.8. The molecule has 126 heavy (non-hydrogen) atoms. The van der Waals surface area contributed by atoms with Gasteiger partial charge in [-0.2, -0.15) is 5.10 Å². The summed E-state index contributed by atoms with van der Waals surface area (Å²) in [5.41, 5.74) is 20.0. The molecule has 0 aliphatic carbocycles. The van der Waals surface area contributed by atoms with E-state index in [1.807, 2.05) is 125 Å². The summed E-state index contributed by atoms with van der Waals surface area (Å²) < 4.78 is 16.5. The number of hydrogen-bond acceptors (Lipinski definition) is 16. The van der Waals surface area contributed by atoms with Crippen molar-refractivity contribution in [3.05, 3.63) is 277 Å². The number of pyridine rings is 6. The molecule has 0 saturated carbocycles. The lowest BCUT2D eigenvalue weighted by atomic mass is 9.88. The van der Waals surface area contributed by atoms with E-state index in [4.69, 9.17) is 9.15 Å². The van der Waals surface area contributed by atoms with Crippen molar-refractivity contribution in [2.45, 2.75) is 383 Å². The molecular weight excluding hydrogens is 1590 g/mol. The number of nitrogens with zero attached hydrogens (tertiary/aromatic N) is 15. The lowest BCUT2D eigenvalue weighted by molar-refractivity contribution is 0.232. The van der Waals surface area contributed by atoms with Gasteiger partial charge in [-0.15, -0.1) is 27.8 Å². The Balaban J connectivity index is 0.000000688. The number of rotatable bonds is 3. The summed E-state index contributed by atoms with van der Waals surface area (Å²) in [5.74, 6) is 1.98. The predicted octanol–water partition coefficient (Wildman–Crippen LogP) is 29.2. The molecule has 12 rings (SSSR count). The second-order valence-corrected chi connectivity index (χ2v) is 45.8. The second-order valence-electron chi connectivity index (χ2n) is 43.9. The third kappa shape index (κ3) is 47.6. The van der Waals surface area contributed by atoms with Gasteiger partial charge in [0.15, 0.2) is 5.89 Å². The Kier molecular flexibility index (Phi) is 46.0. The highest BCUT2D eigenvalue weighted by molar-refractivity contribution is 7.09. The zero-order valence-corrected chi connectivity index (χ0v) is 88.9. The number of aryl methyl sites for hydroxylation is 9. The molecule has 12 heterocycles. The van der Waals surface area contributed by atoms with E-state index in [0.717, 1.165) is 39.4 Å². The van der Waals surface area contributed by atoms with Crippen LogP contribution < -0.4 is 4.74 Å². The van der Waals surface area contributed by atoms with Crippen molar-refractivity contribution in [1.82, 2.24) is 74.2 Å². The normalized spacial score (nSPS) is 11.7. The van der Waals surface area contributed by atoms with Crippen LogP contribution in [0.3, 0.4) is 0 Å². The van der Waals surface area contributed by atoms with Crippen LogP contribution in [0.4, 0.5) is 0 Å². The molecule has 0 atom stereocenters. The van der Waals surface area contributed by atoms with E-state index in [-0.39, 0.29) is 65.9 Å². The summed E-state index contributed by atoms with van der Waals surface area (Å²) in [4.78, 5) is 38.6. The Morgan fingerprint density at radius 2 is 0.849 bits per heavy atom. The third-order valence-electron chi connectivity index (χ3n) is 18.8. The van der Waals surface area contributed by atoms with E-state index in [1.165, 1.54) is 61.2 Å². The maximum Gasteiger partial charge on any atom is 0.213 e. The number of hydrogen-bond donors (Lipinski definition) is 0. The van der Waals surface area contributed by atoms with Crippen molar-refractivity contribution in [1.29, 1.82) is 0 Å². The molecule has 0 aliphatic heterocycles. The molecule has 17 nitrogen and oxygen atoms in total. The SMILES string of the molecule is CC(C)(C)c1nccs1.CC(C)(C)n1cccn1.CC(C)(C)n1ccnn1.CC(C)Oc1ccc(C(C)(C)C)cn1.Cc1ccc(C(C)(C)C)cn1.Cc1ccc(C(C)(C)C)cn1.Cc1ccc(C(C)(C)C)cn1.Cc1ccc(C(C)(C)C)nc1C.Cc1ccc(C(C)C)nc1.Cc1nc(C(C)(C)C)co1.Cc1nc(C(C)(C)C)cs1.Cn1cccc1C(C)(C)C. The fourth-order valence-electron chi connectivity index (χ4n) is 10.2. The maximum atomic E-state index is 5.47. The zero-order valence-electron chi connectivity index (χ0n) is 87.2. The van der Waals surface area contributed by atoms with Crippen LogP contribution in [0, 0.1) is 55.4 Å². The molecule has 12 aromatic rings. The summed E-state index contributed by atoms with van der Waals surface area (Å²) in [6, 6.07) is 31.2. The maximum absolute atomic E-state index is 5.47. The molecule has 0 amide bonds. The Morgan fingerprint density at radius 1 is 0.381 bits per heavy atom. The summed E-state index contributed by atoms with van der Waals surface area (Å²) in [6.07, 6.45) is 22.8. The highest BCUT2D eigenvalue weighted by atomic mass is 32.1. The smallest absolute Gasteiger partial charge is 0.213 e. The average Bonchev–Trinajstić information content (AvgIpc) is 1.37. The van der Waals surface area contributed by atoms with E-state index in [9.17, 15) is 0 Å². The predicted molar refractivity (Wildman–Crippen MR) is 540 cm³/mol. The van der Waals surface area contributed by atoms with Gasteiger partial charge in [-0.3, -0.25) is 29.6 Å². The molecule has 0 aliphatic rings. The quantitative estimate of drug-likeness (QED) is 0.162. The molecule has 0 spiro atoms. The van der Waals surface area contributed by atoms with Crippen molar-refractivity contribution in [3.8, 4) is 5.88 Å². The zero-order chi connectivity index (χ0) is 97.2. The highest BCUT2D eigenvalue weighted by Crippen LogP contribution is 2.29. The summed E-state index contributed by atoms with van der Waals surface area (Å²) in [7, 11) is 2.08. The lowest BCUT2D eigenvalue weighted by Gasteiger charge is -2.19. The van der Waals surface area contributed by atoms with Crippen LogP contribution >= 0.6 is 22.7 Å². The van der Waals surface area contributed by atoms with Crippen LogP contribution in [0.5, 0.6) is 5.88 Å². The molecule has 0 saturated heterocycles. The molecule has 12 aromatic heterocycles. The van der Waals surface area contributed by atoms with Gasteiger partial charge in [-0.1, -0.05) is 242 Å². The van der Waals surface area contributed by atoms with Crippen LogP contribution in [-0.2, 0) is 66.9 Å². The van der Waals surface area contributed by atoms with Crippen molar-refractivity contribution < 1.29 is 9.15 Å². The van der Waals surface area contributed by atoms with Gasteiger partial charge < -0.3 is 13.7 Å². The molecule has 19 heteroatoms. The van der Waals surface area contributed by atoms with Gasteiger partial charge in [0.1, 0.15) is 6.26 Å². The first kappa shape index (κ1) is 115. The number of ether oxygens (including phenoxy) is 1. The van der Waals surface area contributed by atoms with Gasteiger partial charge in [-0.05, 0) is 213 Å². The van der Waals surface area contributed by atoms with E-state index in [2.05, 4.69) is 425 Å². The van der Waals surface area contributed by atoms with Gasteiger partial charge in [0.05, 0.1) is 44.8 Å². The molecule has 0 N–H and O–H groups in total. The molecule has 0 fully saturated rings. The van der Waals surface area contributed by atoms with Gasteiger partial charge >= 0.3 is 0 Å². The van der Waals surface area contributed by atoms with Gasteiger partial charge in [0, 0.05) is 160 Å². The minimum absolute atomic E-state index is 0.0660. The first-order valence-corrected chi connectivity index (χ1v) is 46.1. The van der Waals surface area contributed by atoms with Gasteiger partial charge in [0.2, 0.25) is 5.88 Å². The van der Waals surface area contributed by atoms with Crippen LogP contribution in [0.2, 0.25) is 0 Å². The van der Waals surface area contributed by atoms with E-state index in [1.54, 1.807) is 41.3 Å². The van der Waals surface area contributed by atoms with Crippen molar-refractivity contribution in [3.63, 3.8) is 0 Å². The number of thiazole rings is 2. The van der Waals surface area contributed by atoms with Crippen LogP contribution in [0.15, 0.2) is 181 Å². The molecule has 0 aromatic carbocycles. The Hall–Kier alpha value is -9.20. The van der Waals surface area contributed by atoms with Gasteiger partial charge in [-0.25, -0.2) is 24.6 Å². The highest BCUT2D eigenvalue weighted by Gasteiger charge is 2.22. The first-order valence-electron chi connectivity index (χ1n) is 44.4. The summed E-state index contributed by atoms with van der Waals surface area (Å²) >= 11 is 3.44. The van der Waals surface area contributed by atoms with Crippen LogP contribution in [0.1, 0.15) is 363 Å². The molecule has 0 radical (unpaired) electrons. The standard InChI is InChI=1S/C12H19NO.C11H17N.3C10H15N.C9H15N.C9H13N.C8H13NO.C8H13NS.C7H12N2.C7H11NS.C6H11N3/c1-9(2)14-11-7-6-10(8-13-11)12(3,4)5;1-8-6-7-10(11(3,4)5)12-9(8)2;3*1-8-5-6-9(7-11-8)10(2,3)4;1-9(2,3)8-6-5-7-10(8)4;1-7(2)9-5-4-8(3)6-10-9;2*1-6-9-7(5-10-6)8(2,3)4;1-7(2,3)9-6-4-5-8-9;1-7(2,3)6-8-4-5-9-6;1-6(2,3)9-5-4-7-8-9/h6-9H,1-5H3;6-7H,1-5H3;3*5-7H,1-4H3;5-7H,1-4H3;4-7H,1-3H3;2*5H,1-4H3;4-6H,1-3H3;2*4-5H,1-3H3. The Morgan fingerprint density at radius 3 is 1.08 bits per heavy atom. The second kappa shape index (κ2) is 50.5. The largest absolute Gasteiger partial charge is 0.475 e. The van der Waals surface area contributed by atoms with E-state index < -0.39 is 0 Å². The topological polar surface area (TPSA) is 192 Å². The van der Waals surface area contributed by atoms with E-state index >= 15 is 0 Å². The molecule has 696 valence electrons. The molecule has 0 bridgehead atoms. The first-order chi connectivity index (χ1) is 57.3. The monoisotopic (exact) mass is 1760 g/mol. The Bertz CT molecular complexity index is 4570. The van der Waals surface area contributed by atoms with Crippen molar-refractivity contribution in [2.24, 2.45) is 7.05 Å². The number of oxazole rings is 1. The van der Waals surface area contributed by atoms with Crippen molar-refractivity contribution >= 4 is 22.7 Å². The lowest BCUT2D eigenvalue weighted by Crippen LogP contribution is -2.22. The molecular formula is C107H169N15O2S2. The summed E-state index contributed by atoms with van der Waals surface area (Å²) in [5, 5.41) is 18.2. The Labute approximate surface area is 774 Å². The average molecular weight is 1760 g/mol. The minimum atomic E-state index is 0.0660. The van der Waals surface area contributed by atoms with Crippen LogP contribution in [0.25, 0.3) is 0 Å². The van der Waals surface area contributed by atoms with E-state index in [0.29, 0.717) is 11.8 Å². The molecule has 0 unspecified atom stereocenters. The van der Waals surface area contributed by atoms with Crippen LogP contribution in [-0.4, -0.2) is 80.3 Å². The third-order valence-corrected chi connectivity index (χ3v) is 20.8. The van der Waals surface area contributed by atoms with Gasteiger partial charge in [0.25, 0.3) is 0 Å². The fraction of sp³-hybridized carbons (Fsp3) is 0.551. The number of aromatic nitrogens is 15. The minimum Gasteiger partial charge on any atom is -0.475 e. The van der Waals surface area contributed by atoms with Crippen molar-refractivity contribution in [2.75, 3.05) is 0 Å². The summed E-state index contributed by atoms with van der Waals surface area (Å²) in [6.45, 7) is 96.0.